The van der Waals surface area contributed by atoms with Crippen molar-refractivity contribution in [1.29, 1.82) is 0 Å². The minimum Gasteiger partial charge on any atom is -0.444 e. The van der Waals surface area contributed by atoms with Crippen molar-refractivity contribution < 1.29 is 19.1 Å². The van der Waals surface area contributed by atoms with E-state index in [2.05, 4.69) is 83.6 Å². The van der Waals surface area contributed by atoms with E-state index in [-0.39, 0.29) is 12.3 Å². The van der Waals surface area contributed by atoms with Gasteiger partial charge in [-0.1, -0.05) is 101 Å². The van der Waals surface area contributed by atoms with Gasteiger partial charge in [-0.15, -0.1) is 0 Å². The van der Waals surface area contributed by atoms with Gasteiger partial charge in [-0.3, -0.25) is 10.6 Å². The fourth-order valence-electron chi connectivity index (χ4n) is 5.69. The summed E-state index contributed by atoms with van der Waals surface area (Å²) in [5, 5.41) is 18.1. The Kier molecular flexibility index (Phi) is 14.1. The largest absolute Gasteiger partial charge is 0.444 e. The van der Waals surface area contributed by atoms with Crippen LogP contribution in [0.4, 0.5) is 9.59 Å². The number of rotatable bonds is 16. The van der Waals surface area contributed by atoms with E-state index >= 15 is 0 Å². The first-order chi connectivity index (χ1) is 21.8. The van der Waals surface area contributed by atoms with Crippen LogP contribution >= 0.6 is 0 Å². The molecule has 0 spiro atoms. The molecule has 0 saturated carbocycles. The standard InChI is InChI=1S/C38H58N4O4/c1-9-11-13-23-33(41-35(43)45-37(3,4)5)39-25-31-27-19-15-17-21-29(27)32(30-22-18-16-20-28(30)31)26-40-34(24-14-12-10-2)42-36(44)46-38(6,7)8/h15-22,33-34,39-40H,9-14,23-26H2,1-8H3,(H,41,43)(H,42,44). The van der Waals surface area contributed by atoms with Crippen LogP contribution in [0.15, 0.2) is 48.5 Å². The highest BCUT2D eigenvalue weighted by Gasteiger charge is 2.22. The van der Waals surface area contributed by atoms with Crippen LogP contribution in [-0.4, -0.2) is 35.7 Å². The average Bonchev–Trinajstić information content (AvgIpc) is 2.96. The Bertz CT molecular complexity index is 1250. The van der Waals surface area contributed by atoms with E-state index in [1.54, 1.807) is 0 Å². The van der Waals surface area contributed by atoms with Gasteiger partial charge in [-0.25, -0.2) is 9.59 Å². The van der Waals surface area contributed by atoms with Gasteiger partial charge in [0, 0.05) is 13.1 Å². The van der Waals surface area contributed by atoms with Gasteiger partial charge in [0.2, 0.25) is 0 Å². The topological polar surface area (TPSA) is 101 Å². The minimum absolute atomic E-state index is 0.219. The summed E-state index contributed by atoms with van der Waals surface area (Å²) in [4.78, 5) is 25.4. The number of amides is 2. The number of nitrogens with one attached hydrogen (secondary N) is 4. The molecular weight excluding hydrogens is 576 g/mol. The van der Waals surface area contributed by atoms with Crippen molar-refractivity contribution in [2.45, 2.75) is 143 Å². The molecule has 0 bridgehead atoms. The van der Waals surface area contributed by atoms with Crippen molar-refractivity contribution in [3.8, 4) is 0 Å². The molecule has 4 N–H and O–H groups in total. The van der Waals surface area contributed by atoms with Gasteiger partial charge in [0.1, 0.15) is 11.2 Å². The number of benzene rings is 3. The molecule has 254 valence electrons. The van der Waals surface area contributed by atoms with Gasteiger partial charge in [0.25, 0.3) is 0 Å². The SMILES string of the molecule is CCCCCC(NCc1c2ccccc2c(CNC(CCCCC)NC(=O)OC(C)(C)C)c2ccccc12)NC(=O)OC(C)(C)C. The molecule has 0 aliphatic rings. The van der Waals surface area contributed by atoms with Crippen LogP contribution in [0.3, 0.4) is 0 Å². The van der Waals surface area contributed by atoms with Crippen LogP contribution in [0.2, 0.25) is 0 Å². The summed E-state index contributed by atoms with van der Waals surface area (Å²) in [6.07, 6.45) is 6.80. The van der Waals surface area contributed by atoms with Gasteiger partial charge in [-0.05, 0) is 87.1 Å². The van der Waals surface area contributed by atoms with Crippen LogP contribution in [-0.2, 0) is 22.6 Å². The predicted octanol–water partition coefficient (Wildman–Crippen LogP) is 9.03. The van der Waals surface area contributed by atoms with Crippen molar-refractivity contribution >= 4 is 33.7 Å². The Balaban J connectivity index is 1.91. The van der Waals surface area contributed by atoms with Crippen molar-refractivity contribution in [3.63, 3.8) is 0 Å². The van der Waals surface area contributed by atoms with E-state index in [0.29, 0.717) is 13.1 Å². The lowest BCUT2D eigenvalue weighted by molar-refractivity contribution is 0.0478. The van der Waals surface area contributed by atoms with E-state index < -0.39 is 23.4 Å². The number of hydrogen-bond donors (Lipinski definition) is 4. The van der Waals surface area contributed by atoms with E-state index in [1.807, 2.05) is 41.5 Å². The Morgan fingerprint density at radius 2 is 0.913 bits per heavy atom. The van der Waals surface area contributed by atoms with Crippen molar-refractivity contribution in [2.24, 2.45) is 0 Å². The number of ether oxygens (including phenoxy) is 2. The Morgan fingerprint density at radius 3 is 1.20 bits per heavy atom. The first-order valence-electron chi connectivity index (χ1n) is 17.2. The van der Waals surface area contributed by atoms with E-state index in [9.17, 15) is 9.59 Å². The first kappa shape index (κ1) is 37.1. The molecule has 3 aromatic rings. The third kappa shape index (κ3) is 12.1. The van der Waals surface area contributed by atoms with Gasteiger partial charge in [-0.2, -0.15) is 0 Å². The first-order valence-corrected chi connectivity index (χ1v) is 17.2. The van der Waals surface area contributed by atoms with Gasteiger partial charge in [0.15, 0.2) is 0 Å². The minimum atomic E-state index is -0.564. The smallest absolute Gasteiger partial charge is 0.408 e. The lowest BCUT2D eigenvalue weighted by Crippen LogP contribution is -2.47. The molecule has 3 aromatic carbocycles. The second kappa shape index (κ2) is 17.5. The third-order valence-corrected chi connectivity index (χ3v) is 7.78. The molecule has 2 unspecified atom stereocenters. The number of unbranched alkanes of at least 4 members (excludes halogenated alkanes) is 4. The molecule has 0 radical (unpaired) electrons. The second-order valence-corrected chi connectivity index (χ2v) is 14.2. The summed E-state index contributed by atoms with van der Waals surface area (Å²) in [6, 6.07) is 17.0. The van der Waals surface area contributed by atoms with Crippen molar-refractivity contribution in [3.05, 3.63) is 59.7 Å². The Morgan fingerprint density at radius 1 is 0.587 bits per heavy atom. The molecule has 2 amide bonds. The zero-order chi connectivity index (χ0) is 33.7. The van der Waals surface area contributed by atoms with Crippen LogP contribution < -0.4 is 21.3 Å². The van der Waals surface area contributed by atoms with Crippen molar-refractivity contribution in [1.82, 2.24) is 21.3 Å². The highest BCUT2D eigenvalue weighted by atomic mass is 16.6. The molecule has 0 aromatic heterocycles. The summed E-state index contributed by atoms with van der Waals surface area (Å²) in [6.45, 7) is 16.8. The summed E-state index contributed by atoms with van der Waals surface area (Å²) in [5.74, 6) is 0. The molecule has 8 heteroatoms. The summed E-state index contributed by atoms with van der Waals surface area (Å²) in [5.41, 5.74) is 1.25. The molecular formula is C38H58N4O4. The fourth-order valence-corrected chi connectivity index (χ4v) is 5.69. The molecule has 0 aliphatic carbocycles. The van der Waals surface area contributed by atoms with Crippen LogP contribution in [0.1, 0.15) is 118 Å². The normalized spacial score (nSPS) is 13.4. The Hall–Kier alpha value is -3.36. The number of carbonyl (C=O) groups is 2. The quantitative estimate of drug-likeness (QED) is 0.0713. The van der Waals surface area contributed by atoms with Crippen LogP contribution in [0, 0.1) is 0 Å². The lowest BCUT2D eigenvalue weighted by atomic mass is 9.91. The van der Waals surface area contributed by atoms with Crippen LogP contribution in [0.5, 0.6) is 0 Å². The van der Waals surface area contributed by atoms with Crippen molar-refractivity contribution in [2.75, 3.05) is 0 Å². The van der Waals surface area contributed by atoms with Crippen LogP contribution in [0.25, 0.3) is 21.5 Å². The molecule has 0 aliphatic heterocycles. The average molecular weight is 635 g/mol. The zero-order valence-corrected chi connectivity index (χ0v) is 29.5. The Labute approximate surface area is 276 Å². The lowest BCUT2D eigenvalue weighted by Gasteiger charge is -2.26. The maximum atomic E-state index is 12.7. The molecule has 8 nitrogen and oxygen atoms in total. The molecule has 0 fully saturated rings. The number of alkyl carbamates (subject to hydrolysis) is 2. The van der Waals surface area contributed by atoms with Gasteiger partial charge in [0.05, 0.1) is 12.3 Å². The number of fused-ring (bicyclic) bond motifs is 2. The zero-order valence-electron chi connectivity index (χ0n) is 29.5. The molecule has 2 atom stereocenters. The maximum absolute atomic E-state index is 12.7. The summed E-state index contributed by atoms with van der Waals surface area (Å²) in [7, 11) is 0. The number of hydrogen-bond acceptors (Lipinski definition) is 6. The summed E-state index contributed by atoms with van der Waals surface area (Å²) >= 11 is 0. The highest BCUT2D eigenvalue weighted by molar-refractivity contribution is 6.05. The molecule has 0 heterocycles. The van der Waals surface area contributed by atoms with E-state index in [1.165, 1.54) is 11.1 Å². The molecule has 3 rings (SSSR count). The summed E-state index contributed by atoms with van der Waals surface area (Å²) < 4.78 is 11.2. The predicted molar refractivity (Wildman–Crippen MR) is 190 cm³/mol. The van der Waals surface area contributed by atoms with Gasteiger partial charge < -0.3 is 20.1 Å². The molecule has 46 heavy (non-hydrogen) atoms. The third-order valence-electron chi connectivity index (χ3n) is 7.78. The van der Waals surface area contributed by atoms with E-state index in [0.717, 1.165) is 72.9 Å². The second-order valence-electron chi connectivity index (χ2n) is 14.2. The monoisotopic (exact) mass is 634 g/mol. The van der Waals surface area contributed by atoms with E-state index in [4.69, 9.17) is 9.47 Å². The van der Waals surface area contributed by atoms with Gasteiger partial charge >= 0.3 is 12.2 Å². The fraction of sp³-hybridized carbons (Fsp3) is 0.579. The number of carbonyl (C=O) groups excluding carboxylic acids is 2. The molecule has 0 saturated heterocycles. The highest BCUT2D eigenvalue weighted by Crippen LogP contribution is 2.33. The maximum Gasteiger partial charge on any atom is 0.408 e.